The van der Waals surface area contributed by atoms with Gasteiger partial charge in [0.2, 0.25) is 0 Å². The lowest BCUT2D eigenvalue weighted by atomic mass is 10.2. The van der Waals surface area contributed by atoms with E-state index in [1.54, 1.807) is 54.2 Å². The van der Waals surface area contributed by atoms with Crippen molar-refractivity contribution in [1.82, 2.24) is 9.88 Å². The molecule has 0 aliphatic carbocycles. The summed E-state index contributed by atoms with van der Waals surface area (Å²) in [5.41, 5.74) is 1.24. The Bertz CT molecular complexity index is 1080. The SMILES string of the molecule is Cn1cccc1C(=O)NC(=O)COC(=O)c1ccccc1OCc1ccccc1Cl. The van der Waals surface area contributed by atoms with Crippen molar-refractivity contribution in [3.05, 3.63) is 88.7 Å². The molecule has 2 aromatic carbocycles. The van der Waals surface area contributed by atoms with Gasteiger partial charge in [0.15, 0.2) is 6.61 Å². The molecule has 0 atom stereocenters. The highest BCUT2D eigenvalue weighted by Gasteiger charge is 2.18. The molecule has 1 heterocycles. The van der Waals surface area contributed by atoms with Crippen LogP contribution in [0.1, 0.15) is 26.4 Å². The molecule has 0 unspecified atom stereocenters. The molecular formula is C22H19ClN2O5. The number of amides is 2. The molecule has 0 radical (unpaired) electrons. The molecule has 1 N–H and O–H groups in total. The highest BCUT2D eigenvalue weighted by atomic mass is 35.5. The molecule has 0 saturated heterocycles. The van der Waals surface area contributed by atoms with Gasteiger partial charge in [0.25, 0.3) is 11.8 Å². The average Bonchev–Trinajstić information content (AvgIpc) is 3.17. The van der Waals surface area contributed by atoms with Gasteiger partial charge in [-0.15, -0.1) is 0 Å². The van der Waals surface area contributed by atoms with Crippen LogP contribution in [0.2, 0.25) is 5.02 Å². The minimum absolute atomic E-state index is 0.158. The Morgan fingerprint density at radius 1 is 1.00 bits per heavy atom. The number of benzene rings is 2. The quantitative estimate of drug-likeness (QED) is 0.585. The summed E-state index contributed by atoms with van der Waals surface area (Å²) < 4.78 is 12.3. The van der Waals surface area contributed by atoms with Crippen molar-refractivity contribution in [3.63, 3.8) is 0 Å². The minimum Gasteiger partial charge on any atom is -0.488 e. The van der Waals surface area contributed by atoms with E-state index in [4.69, 9.17) is 21.1 Å². The molecule has 0 saturated carbocycles. The van der Waals surface area contributed by atoms with Crippen molar-refractivity contribution >= 4 is 29.4 Å². The number of imide groups is 1. The van der Waals surface area contributed by atoms with Gasteiger partial charge in [0.05, 0.1) is 0 Å². The van der Waals surface area contributed by atoms with Crippen LogP contribution in [0.15, 0.2) is 66.9 Å². The van der Waals surface area contributed by atoms with E-state index in [-0.39, 0.29) is 12.2 Å². The molecule has 0 aliphatic heterocycles. The normalized spacial score (nSPS) is 10.3. The molecule has 2 amide bonds. The number of carbonyl (C=O) groups is 3. The summed E-state index contributed by atoms with van der Waals surface area (Å²) in [4.78, 5) is 36.4. The second-order valence-corrected chi connectivity index (χ2v) is 6.74. The van der Waals surface area contributed by atoms with Gasteiger partial charge >= 0.3 is 5.97 Å². The number of para-hydroxylation sites is 1. The predicted octanol–water partition coefficient (Wildman–Crippen LogP) is 3.37. The van der Waals surface area contributed by atoms with Gasteiger partial charge in [-0.2, -0.15) is 0 Å². The monoisotopic (exact) mass is 426 g/mol. The van der Waals surface area contributed by atoms with Gasteiger partial charge in [0, 0.05) is 23.8 Å². The van der Waals surface area contributed by atoms with Gasteiger partial charge in [0.1, 0.15) is 23.6 Å². The molecule has 8 heteroatoms. The maximum Gasteiger partial charge on any atom is 0.342 e. The first-order chi connectivity index (χ1) is 14.5. The van der Waals surface area contributed by atoms with E-state index >= 15 is 0 Å². The zero-order valence-corrected chi connectivity index (χ0v) is 16.9. The summed E-state index contributed by atoms with van der Waals surface area (Å²) in [6.07, 6.45) is 1.68. The third-order valence-electron chi connectivity index (χ3n) is 4.21. The number of ether oxygens (including phenoxy) is 2. The second kappa shape index (κ2) is 9.76. The Kier molecular flexibility index (Phi) is 6.87. The molecule has 154 valence electrons. The third-order valence-corrected chi connectivity index (χ3v) is 4.58. The van der Waals surface area contributed by atoms with Crippen molar-refractivity contribution < 1.29 is 23.9 Å². The zero-order chi connectivity index (χ0) is 21.5. The van der Waals surface area contributed by atoms with E-state index in [1.807, 2.05) is 18.2 Å². The van der Waals surface area contributed by atoms with Crippen LogP contribution >= 0.6 is 11.6 Å². The molecular weight excluding hydrogens is 408 g/mol. The lowest BCUT2D eigenvalue weighted by molar-refractivity contribution is -0.123. The lowest BCUT2D eigenvalue weighted by Gasteiger charge is -2.12. The zero-order valence-electron chi connectivity index (χ0n) is 16.1. The number of nitrogens with one attached hydrogen (secondary N) is 1. The van der Waals surface area contributed by atoms with Crippen LogP contribution in [0.5, 0.6) is 5.75 Å². The van der Waals surface area contributed by atoms with Gasteiger partial charge < -0.3 is 14.0 Å². The van der Waals surface area contributed by atoms with Gasteiger partial charge in [-0.05, 0) is 30.3 Å². The summed E-state index contributed by atoms with van der Waals surface area (Å²) >= 11 is 6.12. The summed E-state index contributed by atoms with van der Waals surface area (Å²) in [6.45, 7) is -0.441. The van der Waals surface area contributed by atoms with Gasteiger partial charge in [-0.25, -0.2) is 4.79 Å². The Morgan fingerprint density at radius 2 is 1.73 bits per heavy atom. The fourth-order valence-electron chi connectivity index (χ4n) is 2.66. The Balaban J connectivity index is 1.58. The van der Waals surface area contributed by atoms with Crippen LogP contribution in [0.4, 0.5) is 0 Å². The van der Waals surface area contributed by atoms with Crippen LogP contribution in [0, 0.1) is 0 Å². The molecule has 0 bridgehead atoms. The van der Waals surface area contributed by atoms with Crippen LogP contribution in [-0.4, -0.2) is 29.0 Å². The Labute approximate surface area is 178 Å². The molecule has 3 aromatic rings. The smallest absolute Gasteiger partial charge is 0.342 e. The van der Waals surface area contributed by atoms with Crippen molar-refractivity contribution in [1.29, 1.82) is 0 Å². The van der Waals surface area contributed by atoms with E-state index in [9.17, 15) is 14.4 Å². The van der Waals surface area contributed by atoms with Crippen molar-refractivity contribution in [2.45, 2.75) is 6.61 Å². The van der Waals surface area contributed by atoms with Crippen LogP contribution in [-0.2, 0) is 23.2 Å². The highest BCUT2D eigenvalue weighted by Crippen LogP contribution is 2.22. The van der Waals surface area contributed by atoms with E-state index in [2.05, 4.69) is 5.32 Å². The van der Waals surface area contributed by atoms with Crippen LogP contribution in [0.25, 0.3) is 0 Å². The second-order valence-electron chi connectivity index (χ2n) is 6.33. The highest BCUT2D eigenvalue weighted by molar-refractivity contribution is 6.31. The number of carbonyl (C=O) groups excluding carboxylic acids is 3. The third kappa shape index (κ3) is 5.27. The number of hydrogen-bond acceptors (Lipinski definition) is 5. The van der Waals surface area contributed by atoms with E-state index in [1.165, 1.54) is 6.07 Å². The fourth-order valence-corrected chi connectivity index (χ4v) is 2.85. The minimum atomic E-state index is -0.744. The van der Waals surface area contributed by atoms with Gasteiger partial charge in [-0.1, -0.05) is 41.9 Å². The number of esters is 1. The van der Waals surface area contributed by atoms with Crippen LogP contribution in [0.3, 0.4) is 0 Å². The maximum absolute atomic E-state index is 12.4. The lowest BCUT2D eigenvalue weighted by Crippen LogP contribution is -2.35. The number of halogens is 1. The van der Waals surface area contributed by atoms with Crippen molar-refractivity contribution in [2.75, 3.05) is 6.61 Å². The number of hydrogen-bond donors (Lipinski definition) is 1. The number of nitrogens with zero attached hydrogens (tertiary/aromatic N) is 1. The molecule has 3 rings (SSSR count). The molecule has 0 fully saturated rings. The Morgan fingerprint density at radius 3 is 2.47 bits per heavy atom. The molecule has 1 aromatic heterocycles. The Hall–Kier alpha value is -3.58. The molecule has 0 spiro atoms. The predicted molar refractivity (Wildman–Crippen MR) is 110 cm³/mol. The van der Waals surface area contributed by atoms with Crippen molar-refractivity contribution in [3.8, 4) is 5.75 Å². The maximum atomic E-state index is 12.4. The first-order valence-electron chi connectivity index (χ1n) is 9.03. The topological polar surface area (TPSA) is 86.6 Å². The molecule has 30 heavy (non-hydrogen) atoms. The van der Waals surface area contributed by atoms with E-state index in [0.29, 0.717) is 16.5 Å². The van der Waals surface area contributed by atoms with Crippen molar-refractivity contribution in [2.24, 2.45) is 7.05 Å². The summed E-state index contributed by atoms with van der Waals surface area (Å²) in [7, 11) is 1.68. The summed E-state index contributed by atoms with van der Waals surface area (Å²) in [6, 6.07) is 17.0. The molecule has 0 aliphatic rings. The number of aryl methyl sites for hydroxylation is 1. The first-order valence-corrected chi connectivity index (χ1v) is 9.41. The summed E-state index contributed by atoms with van der Waals surface area (Å²) in [5, 5.41) is 2.73. The first kappa shape index (κ1) is 21.1. The standard InChI is InChI=1S/C22H19ClN2O5/c1-25-12-6-10-18(25)21(27)24-20(26)14-30-22(28)16-8-3-5-11-19(16)29-13-15-7-2-4-9-17(15)23/h2-12H,13-14H2,1H3,(H,24,26,27). The fraction of sp³-hybridized carbons (Fsp3) is 0.136. The molecule has 7 nitrogen and oxygen atoms in total. The average molecular weight is 427 g/mol. The van der Waals surface area contributed by atoms with Gasteiger partial charge in [-0.3, -0.25) is 14.9 Å². The van der Waals surface area contributed by atoms with Crippen LogP contribution < -0.4 is 10.1 Å². The largest absolute Gasteiger partial charge is 0.488 e. The van der Waals surface area contributed by atoms with E-state index in [0.717, 1.165) is 5.56 Å². The number of aromatic nitrogens is 1. The number of rotatable bonds is 7. The summed E-state index contributed by atoms with van der Waals surface area (Å²) in [5.74, 6) is -1.76. The van der Waals surface area contributed by atoms with E-state index < -0.39 is 24.4 Å².